The zero-order chi connectivity index (χ0) is 17.0. The molecule has 0 aliphatic carbocycles. The van der Waals surface area contributed by atoms with Crippen LogP contribution in [0.15, 0.2) is 35.2 Å². The van der Waals surface area contributed by atoms with Crippen molar-refractivity contribution in [3.05, 3.63) is 30.3 Å². The molecule has 0 unspecified atom stereocenters. The summed E-state index contributed by atoms with van der Waals surface area (Å²) in [4.78, 5) is 0.448. The summed E-state index contributed by atoms with van der Waals surface area (Å²) in [5.41, 5.74) is 0. The molecule has 0 bridgehead atoms. The molecule has 134 valence electrons. The minimum atomic E-state index is -3.41. The molecule has 3 rings (SSSR count). The van der Waals surface area contributed by atoms with Crippen LogP contribution in [0.5, 0.6) is 0 Å². The monoisotopic (exact) mass is 353 g/mol. The van der Waals surface area contributed by atoms with E-state index in [1.54, 1.807) is 12.1 Å². The van der Waals surface area contributed by atoms with E-state index in [9.17, 15) is 13.5 Å². The maximum Gasteiger partial charge on any atom is 0.327 e. The normalized spacial score (nSPS) is 29.5. The summed E-state index contributed by atoms with van der Waals surface area (Å²) in [6, 6.07) is 9.12. The van der Waals surface area contributed by atoms with Crippen molar-refractivity contribution in [3.8, 4) is 0 Å². The highest BCUT2D eigenvalue weighted by Gasteiger charge is 2.51. The van der Waals surface area contributed by atoms with Gasteiger partial charge in [0.15, 0.2) is 0 Å². The Morgan fingerprint density at radius 2 is 1.67 bits per heavy atom. The van der Waals surface area contributed by atoms with Crippen molar-refractivity contribution in [2.24, 2.45) is 5.92 Å². The third kappa shape index (κ3) is 3.25. The van der Waals surface area contributed by atoms with Crippen LogP contribution in [0.4, 0.5) is 0 Å². The molecule has 1 aromatic carbocycles. The van der Waals surface area contributed by atoms with E-state index >= 15 is 0 Å². The Morgan fingerprint density at radius 1 is 1.04 bits per heavy atom. The fraction of sp³-hybridized carbons (Fsp3) is 0.667. The van der Waals surface area contributed by atoms with Crippen molar-refractivity contribution >= 4 is 10.0 Å². The van der Waals surface area contributed by atoms with Gasteiger partial charge in [-0.05, 0) is 24.5 Å². The average Bonchev–Trinajstić information content (AvgIpc) is 2.64. The molecular weight excluding hydrogens is 324 g/mol. The number of rotatable bonds is 5. The van der Waals surface area contributed by atoms with E-state index in [1.807, 2.05) is 18.2 Å². The van der Waals surface area contributed by atoms with E-state index in [1.165, 1.54) is 0 Å². The molecule has 24 heavy (non-hydrogen) atoms. The van der Waals surface area contributed by atoms with E-state index in [0.717, 1.165) is 45.2 Å². The SMILES string of the molecule is O=S(=O)(c1ccccc1)[N+]1(C2CCNCC2)CCC(CCO)CC1. The van der Waals surface area contributed by atoms with Gasteiger partial charge in [0.05, 0.1) is 13.1 Å². The topological polar surface area (TPSA) is 66.4 Å². The van der Waals surface area contributed by atoms with Crippen molar-refractivity contribution in [1.82, 2.24) is 5.32 Å². The van der Waals surface area contributed by atoms with Gasteiger partial charge in [-0.15, -0.1) is 0 Å². The lowest BCUT2D eigenvalue weighted by Gasteiger charge is -2.48. The summed E-state index contributed by atoms with van der Waals surface area (Å²) in [6.07, 6.45) is 4.39. The van der Waals surface area contributed by atoms with Gasteiger partial charge in [-0.25, -0.2) is 3.89 Å². The number of hydrogen-bond acceptors (Lipinski definition) is 4. The van der Waals surface area contributed by atoms with Gasteiger partial charge in [-0.1, -0.05) is 18.2 Å². The number of piperidine rings is 2. The van der Waals surface area contributed by atoms with Crippen molar-refractivity contribution in [1.29, 1.82) is 0 Å². The molecule has 2 N–H and O–H groups in total. The molecule has 1 aromatic rings. The van der Waals surface area contributed by atoms with Gasteiger partial charge in [-0.2, -0.15) is 8.42 Å². The second-order valence-electron chi connectivity index (χ2n) is 7.12. The second kappa shape index (κ2) is 7.52. The number of aliphatic hydroxyl groups excluding tert-OH is 1. The molecule has 0 saturated carbocycles. The predicted molar refractivity (Wildman–Crippen MR) is 93.9 cm³/mol. The Morgan fingerprint density at radius 3 is 2.25 bits per heavy atom. The molecule has 2 aliphatic rings. The number of likely N-dealkylation sites (tertiary alicyclic amines) is 1. The molecule has 0 atom stereocenters. The van der Waals surface area contributed by atoms with Gasteiger partial charge in [0, 0.05) is 45.4 Å². The first-order valence-corrected chi connectivity index (χ1v) is 10.5. The first-order valence-electron chi connectivity index (χ1n) is 9.09. The molecule has 0 spiro atoms. The molecule has 2 saturated heterocycles. The van der Waals surface area contributed by atoms with Crippen LogP contribution in [0, 0.1) is 5.92 Å². The van der Waals surface area contributed by atoms with Gasteiger partial charge in [0.1, 0.15) is 10.9 Å². The number of benzene rings is 1. The predicted octanol–water partition coefficient (Wildman–Crippen LogP) is 1.74. The zero-order valence-corrected chi connectivity index (χ0v) is 15.0. The minimum Gasteiger partial charge on any atom is -0.396 e. The van der Waals surface area contributed by atoms with Crippen molar-refractivity contribution in [2.75, 3.05) is 32.8 Å². The van der Waals surface area contributed by atoms with E-state index < -0.39 is 10.0 Å². The highest BCUT2D eigenvalue weighted by atomic mass is 32.2. The average molecular weight is 354 g/mol. The highest BCUT2D eigenvalue weighted by molar-refractivity contribution is 7.86. The fourth-order valence-corrected chi connectivity index (χ4v) is 6.63. The van der Waals surface area contributed by atoms with Crippen molar-refractivity contribution < 1.29 is 17.4 Å². The summed E-state index contributed by atoms with van der Waals surface area (Å²) in [5, 5.41) is 12.6. The Kier molecular flexibility index (Phi) is 5.59. The third-order valence-corrected chi connectivity index (χ3v) is 8.35. The maximum atomic E-state index is 13.6. The standard InChI is InChI=1S/C18H29N2O3S/c21-15-10-16-8-13-20(14-9-16,17-6-11-19-12-7-17)24(22,23)18-4-2-1-3-5-18/h1-5,16-17,19,21H,6-15H2/q+1. The van der Waals surface area contributed by atoms with Crippen LogP contribution in [0.3, 0.4) is 0 Å². The van der Waals surface area contributed by atoms with E-state index in [0.29, 0.717) is 23.9 Å². The Labute approximate surface area is 145 Å². The molecule has 0 aromatic heterocycles. The summed E-state index contributed by atoms with van der Waals surface area (Å²) >= 11 is 0. The van der Waals surface area contributed by atoms with E-state index in [4.69, 9.17) is 0 Å². The van der Waals surface area contributed by atoms with E-state index in [-0.39, 0.29) is 16.5 Å². The Bertz CT molecular complexity index is 619. The number of hydrogen-bond donors (Lipinski definition) is 2. The maximum absolute atomic E-state index is 13.6. The molecule has 5 nitrogen and oxygen atoms in total. The second-order valence-corrected chi connectivity index (χ2v) is 9.27. The molecule has 2 aliphatic heterocycles. The van der Waals surface area contributed by atoms with Crippen LogP contribution >= 0.6 is 0 Å². The van der Waals surface area contributed by atoms with Crippen LogP contribution < -0.4 is 5.32 Å². The highest BCUT2D eigenvalue weighted by Crippen LogP contribution is 2.38. The number of quaternary nitrogens is 1. The van der Waals surface area contributed by atoms with Gasteiger partial charge in [-0.3, -0.25) is 0 Å². The lowest BCUT2D eigenvalue weighted by Crippen LogP contribution is -2.64. The lowest BCUT2D eigenvalue weighted by molar-refractivity contribution is -0.841. The summed E-state index contributed by atoms with van der Waals surface area (Å²) in [7, 11) is -3.41. The third-order valence-electron chi connectivity index (χ3n) is 5.86. The molecule has 0 amide bonds. The summed E-state index contributed by atoms with van der Waals surface area (Å²) in [5.74, 6) is 0.453. The fourth-order valence-electron chi connectivity index (χ4n) is 4.41. The van der Waals surface area contributed by atoms with Crippen LogP contribution in [-0.4, -0.2) is 56.2 Å². The molecular formula is C18H29N2O3S+. The van der Waals surface area contributed by atoms with Crippen LogP contribution in [0.2, 0.25) is 0 Å². The zero-order valence-electron chi connectivity index (χ0n) is 14.2. The number of nitrogens with zero attached hydrogens (tertiary/aromatic N) is 1. The molecule has 2 heterocycles. The largest absolute Gasteiger partial charge is 0.396 e. The Hall–Kier alpha value is -0.950. The van der Waals surface area contributed by atoms with Crippen molar-refractivity contribution in [3.63, 3.8) is 0 Å². The number of sulfonamides is 1. The first kappa shape index (κ1) is 17.9. The smallest absolute Gasteiger partial charge is 0.327 e. The van der Waals surface area contributed by atoms with E-state index in [2.05, 4.69) is 5.32 Å². The number of nitrogens with one attached hydrogen (secondary N) is 1. The molecule has 0 radical (unpaired) electrons. The Balaban J connectivity index is 1.94. The summed E-state index contributed by atoms with van der Waals surface area (Å²) < 4.78 is 27.4. The van der Waals surface area contributed by atoms with Crippen LogP contribution in [0.25, 0.3) is 0 Å². The molecule has 6 heteroatoms. The van der Waals surface area contributed by atoms with Gasteiger partial charge >= 0.3 is 10.0 Å². The quantitative estimate of drug-likeness (QED) is 0.792. The van der Waals surface area contributed by atoms with Gasteiger partial charge in [0.25, 0.3) is 0 Å². The van der Waals surface area contributed by atoms with Crippen molar-refractivity contribution in [2.45, 2.75) is 43.0 Å². The summed E-state index contributed by atoms with van der Waals surface area (Å²) in [6.45, 7) is 3.34. The number of aliphatic hydroxyl groups is 1. The lowest BCUT2D eigenvalue weighted by atomic mass is 9.91. The molecule has 2 fully saturated rings. The van der Waals surface area contributed by atoms with Gasteiger partial charge in [0.2, 0.25) is 0 Å². The first-order chi connectivity index (χ1) is 11.6. The van der Waals surface area contributed by atoms with Crippen LogP contribution in [-0.2, 0) is 10.0 Å². The van der Waals surface area contributed by atoms with Gasteiger partial charge < -0.3 is 10.4 Å². The van der Waals surface area contributed by atoms with Crippen LogP contribution in [0.1, 0.15) is 32.1 Å². The minimum absolute atomic E-state index is 0.173.